The van der Waals surface area contributed by atoms with Gasteiger partial charge in [-0.1, -0.05) is 8.96 Å². The van der Waals surface area contributed by atoms with Gasteiger partial charge in [-0.3, -0.25) is 4.79 Å². The molecule has 0 unspecified atom stereocenters. The summed E-state index contributed by atoms with van der Waals surface area (Å²) in [5.74, 6) is -4.89. The number of nitrogens with two attached hydrogens (primary N) is 1. The number of nitrogens with zero attached hydrogens (tertiary/aromatic N) is 1. The summed E-state index contributed by atoms with van der Waals surface area (Å²) in [6, 6.07) is 0. The van der Waals surface area contributed by atoms with Gasteiger partial charge in [-0.2, -0.15) is 11.8 Å². The highest BCUT2D eigenvalue weighted by molar-refractivity contribution is 7.98. The molecular formula is C5H9F3N2OS. The monoisotopic (exact) mass is 202 g/mol. The van der Waals surface area contributed by atoms with Crippen LogP contribution in [0.3, 0.4) is 0 Å². The number of hydrogen-bond acceptors (Lipinski definition) is 3. The van der Waals surface area contributed by atoms with Crippen molar-refractivity contribution in [2.24, 2.45) is 5.73 Å². The second-order valence-electron chi connectivity index (χ2n) is 2.10. The molecule has 0 heterocycles. The summed E-state index contributed by atoms with van der Waals surface area (Å²) in [6.45, 7) is 0. The van der Waals surface area contributed by atoms with E-state index in [1.165, 1.54) is 0 Å². The lowest BCUT2D eigenvalue weighted by atomic mass is 10.2. The van der Waals surface area contributed by atoms with Gasteiger partial charge in [0.25, 0.3) is 11.7 Å². The van der Waals surface area contributed by atoms with Crippen molar-refractivity contribution in [2.45, 2.75) is 12.2 Å². The number of carbonyl (C=O) groups is 1. The minimum atomic E-state index is -3.33. The van der Waals surface area contributed by atoms with Crippen molar-refractivity contribution >= 4 is 17.7 Å². The third kappa shape index (κ3) is 2.56. The van der Waals surface area contributed by atoms with Crippen LogP contribution in [-0.2, 0) is 4.79 Å². The summed E-state index contributed by atoms with van der Waals surface area (Å²) in [5.41, 5.74) is 4.47. The third-order valence-corrected chi connectivity index (χ3v) is 1.90. The second kappa shape index (κ2) is 4.56. The zero-order chi connectivity index (χ0) is 9.78. The molecule has 0 rings (SSSR count). The molecule has 7 heteroatoms. The van der Waals surface area contributed by atoms with Crippen molar-refractivity contribution in [2.75, 3.05) is 12.0 Å². The van der Waals surface area contributed by atoms with E-state index in [0.29, 0.717) is 0 Å². The molecule has 0 radical (unpaired) electrons. The average molecular weight is 202 g/mol. The minimum absolute atomic E-state index is 0.101. The van der Waals surface area contributed by atoms with Crippen LogP contribution in [0.4, 0.5) is 13.4 Å². The van der Waals surface area contributed by atoms with Gasteiger partial charge in [-0.15, -0.1) is 0 Å². The van der Waals surface area contributed by atoms with Gasteiger partial charge in [-0.05, 0) is 12.0 Å². The van der Waals surface area contributed by atoms with Crippen LogP contribution in [0.15, 0.2) is 0 Å². The molecule has 0 aliphatic carbocycles. The lowest BCUT2D eigenvalue weighted by molar-refractivity contribution is -0.267. The minimum Gasteiger partial charge on any atom is -0.365 e. The fourth-order valence-corrected chi connectivity index (χ4v) is 1.00. The fourth-order valence-electron chi connectivity index (χ4n) is 0.528. The van der Waals surface area contributed by atoms with Crippen LogP contribution in [0.2, 0.25) is 0 Å². The molecule has 0 aromatic heterocycles. The lowest BCUT2D eigenvalue weighted by Gasteiger charge is -2.20. The van der Waals surface area contributed by atoms with E-state index in [4.69, 9.17) is 0 Å². The van der Waals surface area contributed by atoms with Crippen molar-refractivity contribution in [1.82, 2.24) is 5.34 Å². The van der Waals surface area contributed by atoms with Gasteiger partial charge in [0.05, 0.1) is 5.34 Å². The SMILES string of the molecule is CSCC[C@@](F)(C(N)=O)N(F)F. The molecule has 0 saturated heterocycles. The number of halogens is 3. The molecule has 1 atom stereocenters. The van der Waals surface area contributed by atoms with Gasteiger partial charge < -0.3 is 5.73 Å². The summed E-state index contributed by atoms with van der Waals surface area (Å²) >= 11 is 1.16. The molecule has 0 aromatic rings. The van der Waals surface area contributed by atoms with E-state index in [-0.39, 0.29) is 5.75 Å². The van der Waals surface area contributed by atoms with Gasteiger partial charge in [0.1, 0.15) is 0 Å². The van der Waals surface area contributed by atoms with E-state index in [2.05, 4.69) is 5.73 Å². The third-order valence-electron chi connectivity index (χ3n) is 1.28. The normalized spacial score (nSPS) is 16.1. The van der Waals surface area contributed by atoms with Gasteiger partial charge in [0.15, 0.2) is 0 Å². The molecule has 0 aromatic carbocycles. The Morgan fingerprint density at radius 1 is 1.67 bits per heavy atom. The number of primary amides is 1. The average Bonchev–Trinajstić information content (AvgIpc) is 1.99. The summed E-state index contributed by atoms with van der Waals surface area (Å²) in [6.07, 6.45) is 0.999. The maximum atomic E-state index is 12.9. The summed E-state index contributed by atoms with van der Waals surface area (Å²) < 4.78 is 36.5. The first-order chi connectivity index (χ1) is 5.45. The molecule has 0 fully saturated rings. The Balaban J connectivity index is 4.29. The van der Waals surface area contributed by atoms with Crippen molar-refractivity contribution in [3.63, 3.8) is 0 Å². The summed E-state index contributed by atoms with van der Waals surface area (Å²) in [4.78, 5) is 10.3. The second-order valence-corrected chi connectivity index (χ2v) is 3.08. The molecular weight excluding hydrogens is 193 g/mol. The van der Waals surface area contributed by atoms with E-state index in [9.17, 15) is 18.1 Å². The first-order valence-electron chi connectivity index (χ1n) is 3.04. The molecule has 2 N–H and O–H groups in total. The van der Waals surface area contributed by atoms with Crippen molar-refractivity contribution in [1.29, 1.82) is 0 Å². The number of carbonyl (C=O) groups excluding carboxylic acids is 1. The number of alkyl halides is 1. The number of hydrogen-bond donors (Lipinski definition) is 1. The van der Waals surface area contributed by atoms with Gasteiger partial charge in [0, 0.05) is 6.42 Å². The highest BCUT2D eigenvalue weighted by Crippen LogP contribution is 2.24. The van der Waals surface area contributed by atoms with Crippen molar-refractivity contribution < 1.29 is 18.1 Å². The highest BCUT2D eigenvalue weighted by Gasteiger charge is 2.45. The van der Waals surface area contributed by atoms with Crippen molar-refractivity contribution in [3.05, 3.63) is 0 Å². The van der Waals surface area contributed by atoms with Crippen LogP contribution in [0.5, 0.6) is 0 Å². The Morgan fingerprint density at radius 3 is 2.42 bits per heavy atom. The Labute approximate surface area is 72.0 Å². The van der Waals surface area contributed by atoms with Gasteiger partial charge in [-0.25, -0.2) is 4.39 Å². The van der Waals surface area contributed by atoms with Crippen LogP contribution >= 0.6 is 11.8 Å². The standard InChI is InChI=1S/C5H9F3N2OS/c1-12-3-2-5(6,4(9)11)10(7)8/h2-3H2,1H3,(H2,9,11)/t5-/m0/s1. The summed E-state index contributed by atoms with van der Waals surface area (Å²) in [7, 11) is 0. The Kier molecular flexibility index (Phi) is 4.40. The first kappa shape index (κ1) is 11.6. The summed E-state index contributed by atoms with van der Waals surface area (Å²) in [5, 5.41) is -1.79. The lowest BCUT2D eigenvalue weighted by Crippen LogP contribution is -2.48. The van der Waals surface area contributed by atoms with Crippen LogP contribution < -0.4 is 5.73 Å². The Bertz CT molecular complexity index is 169. The van der Waals surface area contributed by atoms with Crippen molar-refractivity contribution in [3.8, 4) is 0 Å². The molecule has 12 heavy (non-hydrogen) atoms. The molecule has 3 nitrogen and oxygen atoms in total. The predicted octanol–water partition coefficient (Wildman–Crippen LogP) is 0.962. The predicted molar refractivity (Wildman–Crippen MR) is 40.1 cm³/mol. The van der Waals surface area contributed by atoms with E-state index >= 15 is 0 Å². The van der Waals surface area contributed by atoms with Crippen LogP contribution in [0.25, 0.3) is 0 Å². The van der Waals surface area contributed by atoms with Crippen LogP contribution in [0.1, 0.15) is 6.42 Å². The van der Waals surface area contributed by atoms with Gasteiger partial charge in [0.2, 0.25) is 0 Å². The fraction of sp³-hybridized carbons (Fsp3) is 0.800. The van der Waals surface area contributed by atoms with E-state index < -0.39 is 23.5 Å². The molecule has 0 bridgehead atoms. The van der Waals surface area contributed by atoms with E-state index in [0.717, 1.165) is 11.8 Å². The zero-order valence-corrected chi connectivity index (χ0v) is 7.21. The number of amides is 1. The molecule has 1 amide bonds. The zero-order valence-electron chi connectivity index (χ0n) is 6.39. The van der Waals surface area contributed by atoms with E-state index in [1.807, 2.05) is 0 Å². The van der Waals surface area contributed by atoms with Gasteiger partial charge >= 0.3 is 0 Å². The smallest absolute Gasteiger partial charge is 0.299 e. The Morgan fingerprint density at radius 2 is 2.17 bits per heavy atom. The molecule has 72 valence electrons. The molecule has 0 aliphatic heterocycles. The molecule has 0 aliphatic rings. The number of thioether (sulfide) groups is 1. The maximum Gasteiger partial charge on any atom is 0.299 e. The van der Waals surface area contributed by atoms with Crippen LogP contribution in [-0.4, -0.2) is 29.1 Å². The molecule has 0 saturated carbocycles. The Hall–Kier alpha value is -0.430. The van der Waals surface area contributed by atoms with Crippen LogP contribution in [0, 0.1) is 0 Å². The molecule has 0 spiro atoms. The van der Waals surface area contributed by atoms with E-state index in [1.54, 1.807) is 6.26 Å². The highest BCUT2D eigenvalue weighted by atomic mass is 32.2. The maximum absolute atomic E-state index is 12.9. The number of rotatable bonds is 5. The quantitative estimate of drug-likeness (QED) is 0.533. The largest absolute Gasteiger partial charge is 0.365 e. The topological polar surface area (TPSA) is 46.3 Å². The first-order valence-corrected chi connectivity index (χ1v) is 4.44.